The Morgan fingerprint density at radius 1 is 0.594 bits per heavy atom. The maximum absolute atomic E-state index is 12.6. The van der Waals surface area contributed by atoms with E-state index >= 15 is 0 Å². The highest BCUT2D eigenvalue weighted by atomic mass is 32.1. The number of carbonyl (C=O) groups excluding carboxylic acids is 4. The molecule has 0 atom stereocenters. The fourth-order valence-corrected chi connectivity index (χ4v) is 8.99. The summed E-state index contributed by atoms with van der Waals surface area (Å²) in [5.41, 5.74) is 17.7. The van der Waals surface area contributed by atoms with Gasteiger partial charge in [-0.1, -0.05) is 43.5 Å². The van der Waals surface area contributed by atoms with E-state index in [9.17, 15) is 19.2 Å². The summed E-state index contributed by atoms with van der Waals surface area (Å²) in [6, 6.07) is 19.7. The predicted octanol–water partition coefficient (Wildman–Crippen LogP) is 6.21. The maximum Gasteiger partial charge on any atom is 0.257 e. The molecule has 8 heterocycles. The number of nitrogens with zero attached hydrogens (tertiary/aromatic N) is 12. The van der Waals surface area contributed by atoms with Gasteiger partial charge in [0.1, 0.15) is 41.5 Å². The topological polar surface area (TPSA) is 264 Å². The number of aromatic nitrogens is 10. The van der Waals surface area contributed by atoms with Crippen molar-refractivity contribution in [2.24, 2.45) is 0 Å². The van der Waals surface area contributed by atoms with Crippen LogP contribution in [0.4, 0.5) is 22.6 Å². The number of benzene rings is 2. The highest BCUT2D eigenvalue weighted by molar-refractivity contribution is 7.13. The van der Waals surface area contributed by atoms with Crippen LogP contribution in [0.5, 0.6) is 0 Å². The molecule has 21 heteroatoms. The molecule has 2 saturated heterocycles. The monoisotopic (exact) mass is 942 g/mol. The van der Waals surface area contributed by atoms with Crippen molar-refractivity contribution in [1.29, 1.82) is 0 Å². The molecule has 0 aliphatic carbocycles. The lowest BCUT2D eigenvalue weighted by atomic mass is 10.0. The van der Waals surface area contributed by atoms with Crippen LogP contribution in [0.25, 0.3) is 44.6 Å². The number of piperidine rings is 2. The van der Waals surface area contributed by atoms with Crippen LogP contribution < -0.4 is 22.1 Å². The lowest BCUT2D eigenvalue weighted by Gasteiger charge is -2.31. The lowest BCUT2D eigenvalue weighted by molar-refractivity contribution is -0.128. The van der Waals surface area contributed by atoms with Crippen LogP contribution in [0, 0.1) is 0 Å². The van der Waals surface area contributed by atoms with E-state index < -0.39 is 0 Å². The molecule has 6 aromatic heterocycles. The first-order chi connectivity index (χ1) is 33.6. The zero-order valence-electron chi connectivity index (χ0n) is 37.2. The summed E-state index contributed by atoms with van der Waals surface area (Å²) in [6.07, 6.45) is 11.8. The number of carbonyl (C=O) groups is 4. The number of hydrogen-bond donors (Lipinski definition) is 4. The van der Waals surface area contributed by atoms with Crippen molar-refractivity contribution in [3.8, 4) is 22.5 Å². The minimum Gasteiger partial charge on any atom is -0.383 e. The van der Waals surface area contributed by atoms with Crippen molar-refractivity contribution in [2.75, 3.05) is 48.3 Å². The molecule has 0 bridgehead atoms. The number of thiazole rings is 1. The van der Waals surface area contributed by atoms with Gasteiger partial charge < -0.3 is 26.6 Å². The summed E-state index contributed by atoms with van der Waals surface area (Å²) in [4.78, 5) is 78.0. The first kappa shape index (κ1) is 45.4. The highest BCUT2D eigenvalue weighted by Gasteiger charge is 2.29. The predicted molar refractivity (Wildman–Crippen MR) is 263 cm³/mol. The Bertz CT molecular complexity index is 3180. The number of hydrogen-bond acceptors (Lipinski definition) is 15. The molecule has 20 nitrogen and oxygen atoms in total. The molecule has 0 radical (unpaired) electrons. The van der Waals surface area contributed by atoms with E-state index in [-0.39, 0.29) is 35.7 Å². The molecular formula is C48H46N16O4S. The lowest BCUT2D eigenvalue weighted by Crippen LogP contribution is -2.38. The molecule has 2 fully saturated rings. The van der Waals surface area contributed by atoms with E-state index in [1.54, 1.807) is 70.0 Å². The normalized spacial score (nSPS) is 14.2. The summed E-state index contributed by atoms with van der Waals surface area (Å²) < 4.78 is 3.78. The summed E-state index contributed by atoms with van der Waals surface area (Å²) in [5, 5.41) is 19.0. The number of amides is 4. The van der Waals surface area contributed by atoms with E-state index in [0.29, 0.717) is 93.3 Å². The average Bonchev–Trinajstić information content (AvgIpc) is 4.16. The van der Waals surface area contributed by atoms with Gasteiger partial charge >= 0.3 is 0 Å². The molecule has 348 valence electrons. The van der Waals surface area contributed by atoms with Crippen molar-refractivity contribution >= 4 is 79.6 Å². The molecule has 0 unspecified atom stereocenters. The SMILES string of the molecule is C=CC(=O)N1CCC(n2nc(-c3ccc(C(=O)Nc4ccccn4)cc3)c3c(N)ncnc32)CC1.C=CC(=O)N1CCC(n2nc(-c3ccc(C(=O)Nc4nccs4)cc3)c3c(N)ncnc32)CC1. The summed E-state index contributed by atoms with van der Waals surface area (Å²) in [5.74, 6) is 0.554. The third-order valence-electron chi connectivity index (χ3n) is 12.0. The molecule has 4 amide bonds. The number of rotatable bonds is 10. The largest absolute Gasteiger partial charge is 0.383 e. The minimum absolute atomic E-state index is 0.0602. The zero-order chi connectivity index (χ0) is 48.0. The van der Waals surface area contributed by atoms with Crippen LogP contribution in [-0.4, -0.2) is 109 Å². The fourth-order valence-electron chi connectivity index (χ4n) is 8.46. The molecule has 0 saturated carbocycles. The number of nitrogen functional groups attached to an aromatic ring is 2. The Morgan fingerprint density at radius 3 is 1.49 bits per heavy atom. The van der Waals surface area contributed by atoms with Crippen LogP contribution in [0.15, 0.2) is 122 Å². The smallest absolute Gasteiger partial charge is 0.257 e. The van der Waals surface area contributed by atoms with E-state index in [2.05, 4.69) is 53.7 Å². The van der Waals surface area contributed by atoms with Crippen molar-refractivity contribution in [3.63, 3.8) is 0 Å². The van der Waals surface area contributed by atoms with E-state index in [0.717, 1.165) is 36.8 Å². The first-order valence-electron chi connectivity index (χ1n) is 22.0. The molecule has 2 aliphatic rings. The van der Waals surface area contributed by atoms with Gasteiger partial charge in [-0.2, -0.15) is 10.2 Å². The fraction of sp³-hybridized carbons (Fsp3) is 0.208. The minimum atomic E-state index is -0.255. The first-order valence-corrected chi connectivity index (χ1v) is 22.9. The standard InChI is InChI=1S/C25H24N8O2.C23H22N8O2S/c1-2-20(34)32-13-10-18(11-14-32)33-24-21(23(26)28-15-29-24)22(31-33)16-6-8-17(9-7-16)25(35)30-19-5-3-4-12-27-19;1-2-17(32)30-10-7-16(8-11-30)31-21-18(20(24)26-13-27-21)19(29-31)14-3-5-15(6-4-14)22(33)28-23-25-9-12-34-23/h2-9,12,15,18H,1,10-11,13-14H2,(H2,26,28,29)(H,27,30,35);2-6,9,12-13,16H,1,7-8,10-11H2,(H2,24,26,27)(H,25,28,33). The molecular weight excluding hydrogens is 897 g/mol. The second-order valence-electron chi connectivity index (χ2n) is 16.1. The Morgan fingerprint density at radius 2 is 1.07 bits per heavy atom. The van der Waals surface area contributed by atoms with Gasteiger partial charge in [0.15, 0.2) is 16.4 Å². The van der Waals surface area contributed by atoms with Crippen LogP contribution in [0.2, 0.25) is 0 Å². The maximum atomic E-state index is 12.6. The van der Waals surface area contributed by atoms with Crippen LogP contribution in [0.1, 0.15) is 58.5 Å². The second kappa shape index (κ2) is 20.0. The van der Waals surface area contributed by atoms with Crippen molar-refractivity contribution < 1.29 is 19.2 Å². The Labute approximate surface area is 398 Å². The van der Waals surface area contributed by atoms with Gasteiger partial charge in [-0.05, 0) is 74.2 Å². The number of nitrogens with one attached hydrogen (secondary N) is 2. The molecule has 2 aliphatic heterocycles. The number of fused-ring (bicyclic) bond motifs is 2. The quantitative estimate of drug-likeness (QED) is 0.111. The summed E-state index contributed by atoms with van der Waals surface area (Å²) in [6.45, 7) is 9.62. The van der Waals surface area contributed by atoms with Crippen LogP contribution in [-0.2, 0) is 9.59 Å². The van der Waals surface area contributed by atoms with Gasteiger partial charge in [0.05, 0.1) is 22.9 Å². The number of likely N-dealkylation sites (tertiary alicyclic amines) is 2. The van der Waals surface area contributed by atoms with Gasteiger partial charge in [-0.3, -0.25) is 24.5 Å². The summed E-state index contributed by atoms with van der Waals surface area (Å²) >= 11 is 1.36. The summed E-state index contributed by atoms with van der Waals surface area (Å²) in [7, 11) is 0. The number of anilines is 4. The van der Waals surface area contributed by atoms with E-state index in [4.69, 9.17) is 21.7 Å². The molecule has 6 N–H and O–H groups in total. The Kier molecular flexibility index (Phi) is 13.2. The van der Waals surface area contributed by atoms with Crippen molar-refractivity contribution in [1.82, 2.24) is 59.3 Å². The van der Waals surface area contributed by atoms with Gasteiger partial charge in [0.2, 0.25) is 11.8 Å². The average molecular weight is 943 g/mol. The van der Waals surface area contributed by atoms with Gasteiger partial charge in [0.25, 0.3) is 11.8 Å². The molecule has 10 rings (SSSR count). The van der Waals surface area contributed by atoms with E-state index in [1.165, 1.54) is 36.1 Å². The van der Waals surface area contributed by atoms with Crippen LogP contribution >= 0.6 is 11.3 Å². The van der Waals surface area contributed by atoms with Gasteiger partial charge in [-0.25, -0.2) is 39.3 Å². The van der Waals surface area contributed by atoms with Crippen LogP contribution in [0.3, 0.4) is 0 Å². The third-order valence-corrected chi connectivity index (χ3v) is 12.7. The van der Waals surface area contributed by atoms with Crippen molar-refractivity contribution in [3.05, 3.63) is 134 Å². The Hall–Kier alpha value is -8.72. The molecule has 2 aromatic carbocycles. The Balaban J connectivity index is 0.000000172. The van der Waals surface area contributed by atoms with Gasteiger partial charge in [-0.15, -0.1) is 11.3 Å². The molecule has 69 heavy (non-hydrogen) atoms. The number of nitrogens with two attached hydrogens (primary N) is 2. The second-order valence-corrected chi connectivity index (χ2v) is 17.0. The molecule has 0 spiro atoms. The number of pyridine rings is 1. The third kappa shape index (κ3) is 9.61. The van der Waals surface area contributed by atoms with Crippen molar-refractivity contribution in [2.45, 2.75) is 37.8 Å². The van der Waals surface area contributed by atoms with Gasteiger partial charge in [0, 0.05) is 66.2 Å². The zero-order valence-corrected chi connectivity index (χ0v) is 38.0. The van der Waals surface area contributed by atoms with E-state index in [1.807, 2.05) is 33.6 Å². The highest BCUT2D eigenvalue weighted by Crippen LogP contribution is 2.36. The molecule has 8 aromatic rings.